The average molecular weight is 270 g/mol. The van der Waals surface area contributed by atoms with Crippen LogP contribution in [0.5, 0.6) is 0 Å². The number of hydrazine groups is 1. The van der Waals surface area contributed by atoms with E-state index in [4.69, 9.17) is 22.2 Å². The molecule has 1 aromatic rings. The van der Waals surface area contributed by atoms with E-state index >= 15 is 0 Å². The first-order valence-corrected chi connectivity index (χ1v) is 6.18. The summed E-state index contributed by atoms with van der Waals surface area (Å²) < 4.78 is 5.40. The van der Waals surface area contributed by atoms with Crippen molar-refractivity contribution in [2.45, 2.75) is 25.5 Å². The number of nitrogens with one attached hydrogen (secondary N) is 2. The molecule has 18 heavy (non-hydrogen) atoms. The second-order valence-corrected chi connectivity index (χ2v) is 4.72. The Morgan fingerprint density at radius 2 is 2.33 bits per heavy atom. The van der Waals surface area contributed by atoms with Crippen LogP contribution >= 0.6 is 11.6 Å². The molecule has 1 aromatic carbocycles. The quantitative estimate of drug-likeness (QED) is 0.575. The highest BCUT2D eigenvalue weighted by atomic mass is 35.5. The molecule has 2 unspecified atom stereocenters. The van der Waals surface area contributed by atoms with E-state index in [0.29, 0.717) is 22.9 Å². The number of nitrogen functional groups attached to an aromatic ring is 1. The molecule has 1 aliphatic heterocycles. The van der Waals surface area contributed by atoms with Crippen LogP contribution in [0.2, 0.25) is 5.02 Å². The Kier molecular flexibility index (Phi) is 4.06. The zero-order chi connectivity index (χ0) is 13.1. The predicted octanol–water partition coefficient (Wildman–Crippen LogP) is 1.53. The van der Waals surface area contributed by atoms with Crippen molar-refractivity contribution in [2.24, 2.45) is 5.84 Å². The summed E-state index contributed by atoms with van der Waals surface area (Å²) in [5.41, 5.74) is 3.47. The van der Waals surface area contributed by atoms with Gasteiger partial charge in [0.15, 0.2) is 0 Å². The van der Waals surface area contributed by atoms with Crippen molar-refractivity contribution in [3.8, 4) is 0 Å². The number of amides is 1. The first-order valence-electron chi connectivity index (χ1n) is 5.80. The summed E-state index contributed by atoms with van der Waals surface area (Å²) in [6, 6.07) is 4.97. The molecule has 1 heterocycles. The van der Waals surface area contributed by atoms with Gasteiger partial charge in [0.05, 0.1) is 23.4 Å². The highest BCUT2D eigenvalue weighted by Crippen LogP contribution is 2.21. The standard InChI is InChI=1S/C12H16ClN3O2/c1-7-10(4-5-18-7)15-12(17)9-6-8(13)2-3-11(9)16-14/h2-3,6-7,10,16H,4-5,14H2,1H3,(H,15,17). The molecule has 1 amide bonds. The monoisotopic (exact) mass is 269 g/mol. The van der Waals surface area contributed by atoms with Gasteiger partial charge < -0.3 is 15.5 Å². The van der Waals surface area contributed by atoms with Crippen molar-refractivity contribution in [3.05, 3.63) is 28.8 Å². The Labute approximate surface area is 111 Å². The minimum atomic E-state index is -0.201. The van der Waals surface area contributed by atoms with E-state index in [-0.39, 0.29) is 18.1 Å². The maximum Gasteiger partial charge on any atom is 0.253 e. The fourth-order valence-corrected chi connectivity index (χ4v) is 2.17. The number of rotatable bonds is 3. The Morgan fingerprint density at radius 3 is 2.94 bits per heavy atom. The van der Waals surface area contributed by atoms with Gasteiger partial charge in [-0.25, -0.2) is 0 Å². The molecule has 2 rings (SSSR count). The molecule has 0 saturated carbocycles. The number of carbonyl (C=O) groups excluding carboxylic acids is 1. The van der Waals surface area contributed by atoms with Gasteiger partial charge in [0.1, 0.15) is 0 Å². The SMILES string of the molecule is CC1OCCC1NC(=O)c1cc(Cl)ccc1NN. The minimum Gasteiger partial charge on any atom is -0.376 e. The third-order valence-electron chi connectivity index (χ3n) is 3.07. The van der Waals surface area contributed by atoms with Crippen molar-refractivity contribution in [2.75, 3.05) is 12.0 Å². The summed E-state index contributed by atoms with van der Waals surface area (Å²) in [4.78, 5) is 12.2. The van der Waals surface area contributed by atoms with Crippen LogP contribution < -0.4 is 16.6 Å². The van der Waals surface area contributed by atoms with Crippen molar-refractivity contribution >= 4 is 23.2 Å². The van der Waals surface area contributed by atoms with Gasteiger partial charge in [-0.2, -0.15) is 0 Å². The third kappa shape index (κ3) is 2.75. The number of halogens is 1. The second-order valence-electron chi connectivity index (χ2n) is 4.28. The molecule has 0 aliphatic carbocycles. The van der Waals surface area contributed by atoms with Crippen molar-refractivity contribution < 1.29 is 9.53 Å². The molecule has 0 bridgehead atoms. The Morgan fingerprint density at radius 1 is 1.56 bits per heavy atom. The topological polar surface area (TPSA) is 76.4 Å². The van der Waals surface area contributed by atoms with Crippen LogP contribution in [0.15, 0.2) is 18.2 Å². The summed E-state index contributed by atoms with van der Waals surface area (Å²) >= 11 is 5.89. The van der Waals surface area contributed by atoms with E-state index in [2.05, 4.69) is 10.7 Å². The zero-order valence-electron chi connectivity index (χ0n) is 10.1. The van der Waals surface area contributed by atoms with Crippen molar-refractivity contribution in [1.29, 1.82) is 0 Å². The van der Waals surface area contributed by atoms with Crippen LogP contribution in [-0.4, -0.2) is 24.7 Å². The van der Waals surface area contributed by atoms with E-state index in [9.17, 15) is 4.79 Å². The first-order chi connectivity index (χ1) is 8.61. The Bertz CT molecular complexity index is 453. The summed E-state index contributed by atoms with van der Waals surface area (Å²) in [5, 5.41) is 3.42. The predicted molar refractivity (Wildman–Crippen MR) is 70.5 cm³/mol. The Balaban J connectivity index is 2.15. The molecule has 0 radical (unpaired) electrons. The van der Waals surface area contributed by atoms with Gasteiger partial charge >= 0.3 is 0 Å². The Hall–Kier alpha value is -1.30. The van der Waals surface area contributed by atoms with Gasteiger partial charge in [-0.1, -0.05) is 11.6 Å². The van der Waals surface area contributed by atoms with E-state index in [1.54, 1.807) is 18.2 Å². The summed E-state index contributed by atoms with van der Waals surface area (Å²) in [7, 11) is 0. The van der Waals surface area contributed by atoms with Crippen LogP contribution in [0.1, 0.15) is 23.7 Å². The van der Waals surface area contributed by atoms with E-state index in [0.717, 1.165) is 6.42 Å². The average Bonchev–Trinajstić information content (AvgIpc) is 2.75. The molecular formula is C12H16ClN3O2. The molecule has 1 fully saturated rings. The lowest BCUT2D eigenvalue weighted by atomic mass is 10.1. The molecule has 1 aliphatic rings. The molecule has 0 aromatic heterocycles. The molecule has 4 N–H and O–H groups in total. The van der Waals surface area contributed by atoms with Crippen LogP contribution in [0.25, 0.3) is 0 Å². The molecular weight excluding hydrogens is 254 g/mol. The van der Waals surface area contributed by atoms with Crippen molar-refractivity contribution in [1.82, 2.24) is 5.32 Å². The first kappa shape index (κ1) is 13.1. The lowest BCUT2D eigenvalue weighted by Gasteiger charge is -2.17. The summed E-state index contributed by atoms with van der Waals surface area (Å²) in [5.74, 6) is 5.18. The van der Waals surface area contributed by atoms with Gasteiger partial charge in [-0.3, -0.25) is 10.6 Å². The molecule has 6 heteroatoms. The van der Waals surface area contributed by atoms with Crippen LogP contribution in [0.3, 0.4) is 0 Å². The number of ether oxygens (including phenoxy) is 1. The van der Waals surface area contributed by atoms with Gasteiger partial charge in [0, 0.05) is 11.6 Å². The number of benzene rings is 1. The van der Waals surface area contributed by atoms with E-state index < -0.39 is 0 Å². The number of nitrogens with two attached hydrogens (primary N) is 1. The number of hydrogen-bond donors (Lipinski definition) is 3. The second kappa shape index (κ2) is 5.56. The number of hydrogen-bond acceptors (Lipinski definition) is 4. The molecule has 2 atom stereocenters. The fourth-order valence-electron chi connectivity index (χ4n) is 2.00. The smallest absolute Gasteiger partial charge is 0.253 e. The number of anilines is 1. The summed E-state index contributed by atoms with van der Waals surface area (Å²) in [6.07, 6.45) is 0.848. The third-order valence-corrected chi connectivity index (χ3v) is 3.31. The molecule has 0 spiro atoms. The normalized spacial score (nSPS) is 22.8. The van der Waals surface area contributed by atoms with Gasteiger partial charge in [-0.15, -0.1) is 0 Å². The van der Waals surface area contributed by atoms with E-state index in [1.807, 2.05) is 6.92 Å². The minimum absolute atomic E-state index is 0.0297. The van der Waals surface area contributed by atoms with Crippen LogP contribution in [-0.2, 0) is 4.74 Å². The molecule has 1 saturated heterocycles. The zero-order valence-corrected chi connectivity index (χ0v) is 10.8. The maximum atomic E-state index is 12.2. The van der Waals surface area contributed by atoms with Gasteiger partial charge in [-0.05, 0) is 31.5 Å². The van der Waals surface area contributed by atoms with Crippen molar-refractivity contribution in [3.63, 3.8) is 0 Å². The summed E-state index contributed by atoms with van der Waals surface area (Å²) in [6.45, 7) is 2.61. The van der Waals surface area contributed by atoms with Crippen LogP contribution in [0, 0.1) is 0 Å². The van der Waals surface area contributed by atoms with Crippen LogP contribution in [0.4, 0.5) is 5.69 Å². The largest absolute Gasteiger partial charge is 0.376 e. The highest BCUT2D eigenvalue weighted by molar-refractivity contribution is 6.31. The highest BCUT2D eigenvalue weighted by Gasteiger charge is 2.26. The lowest BCUT2D eigenvalue weighted by Crippen LogP contribution is -2.39. The van der Waals surface area contributed by atoms with Gasteiger partial charge in [0.25, 0.3) is 5.91 Å². The van der Waals surface area contributed by atoms with E-state index in [1.165, 1.54) is 0 Å². The number of carbonyl (C=O) groups is 1. The lowest BCUT2D eigenvalue weighted by molar-refractivity contribution is 0.0867. The fraction of sp³-hybridized carbons (Fsp3) is 0.417. The maximum absolute atomic E-state index is 12.2. The van der Waals surface area contributed by atoms with Gasteiger partial charge in [0.2, 0.25) is 0 Å². The molecule has 98 valence electrons. The molecule has 5 nitrogen and oxygen atoms in total.